The maximum absolute atomic E-state index is 12.9. The van der Waals surface area contributed by atoms with Crippen molar-refractivity contribution in [3.8, 4) is 6.07 Å². The minimum Gasteiger partial charge on any atom is -0.370 e. The monoisotopic (exact) mass is 424 g/mol. The fourth-order valence-electron chi connectivity index (χ4n) is 3.57. The van der Waals surface area contributed by atoms with Gasteiger partial charge in [-0.25, -0.2) is 13.1 Å². The van der Waals surface area contributed by atoms with E-state index in [0.29, 0.717) is 30.8 Å². The third kappa shape index (κ3) is 4.64. The maximum Gasteiger partial charge on any atom is 0.253 e. The number of nitrogens with one attached hydrogen (secondary N) is 1. The molecular formula is C22H24N4O3S. The van der Waals surface area contributed by atoms with E-state index >= 15 is 0 Å². The Balaban J connectivity index is 1.40. The van der Waals surface area contributed by atoms with Gasteiger partial charge in [0.05, 0.1) is 16.5 Å². The topological polar surface area (TPSA) is 93.5 Å². The van der Waals surface area contributed by atoms with Crippen LogP contribution in [0.25, 0.3) is 0 Å². The molecule has 30 heavy (non-hydrogen) atoms. The van der Waals surface area contributed by atoms with Gasteiger partial charge in [0, 0.05) is 43.5 Å². The lowest BCUT2D eigenvalue weighted by molar-refractivity contribution is 0.0767. The molecule has 156 valence electrons. The zero-order valence-electron chi connectivity index (χ0n) is 16.6. The van der Waals surface area contributed by atoms with Gasteiger partial charge >= 0.3 is 0 Å². The van der Waals surface area contributed by atoms with Crippen LogP contribution in [-0.2, 0) is 10.0 Å². The molecule has 1 heterocycles. The van der Waals surface area contributed by atoms with Crippen molar-refractivity contribution in [3.05, 3.63) is 59.7 Å². The summed E-state index contributed by atoms with van der Waals surface area (Å²) in [7, 11) is -3.51. The molecule has 1 amide bonds. The van der Waals surface area contributed by atoms with Crippen LogP contribution in [0.15, 0.2) is 53.4 Å². The van der Waals surface area contributed by atoms with Crippen LogP contribution in [0.3, 0.4) is 0 Å². The second kappa shape index (κ2) is 8.46. The van der Waals surface area contributed by atoms with Crippen LogP contribution in [0, 0.1) is 11.3 Å². The van der Waals surface area contributed by atoms with E-state index in [1.165, 1.54) is 12.1 Å². The Labute approximate surface area is 177 Å². The number of nitrogens with zero attached hydrogens (tertiary/aromatic N) is 3. The number of hydrogen-bond acceptors (Lipinski definition) is 5. The lowest BCUT2D eigenvalue weighted by atomic mass is 10.2. The van der Waals surface area contributed by atoms with Crippen molar-refractivity contribution in [2.75, 3.05) is 31.1 Å². The molecule has 0 atom stereocenters. The number of amides is 1. The van der Waals surface area contributed by atoms with Gasteiger partial charge in [-0.3, -0.25) is 4.79 Å². The summed E-state index contributed by atoms with van der Waals surface area (Å²) < 4.78 is 27.2. The summed E-state index contributed by atoms with van der Waals surface area (Å²) in [5.74, 6) is -0.0872. The molecule has 4 rings (SSSR count). The van der Waals surface area contributed by atoms with Crippen molar-refractivity contribution in [2.45, 2.75) is 30.2 Å². The van der Waals surface area contributed by atoms with E-state index in [-0.39, 0.29) is 16.8 Å². The Kier molecular flexibility index (Phi) is 5.75. The number of hydrogen-bond donors (Lipinski definition) is 1. The molecule has 8 heteroatoms. The molecule has 0 bridgehead atoms. The van der Waals surface area contributed by atoms with Gasteiger partial charge in [-0.2, -0.15) is 5.26 Å². The van der Waals surface area contributed by atoms with Gasteiger partial charge in [0.2, 0.25) is 10.0 Å². The number of benzene rings is 2. The van der Waals surface area contributed by atoms with Crippen LogP contribution in [0.1, 0.15) is 35.2 Å². The number of rotatable bonds is 5. The van der Waals surface area contributed by atoms with Crippen molar-refractivity contribution in [3.63, 3.8) is 0 Å². The summed E-state index contributed by atoms with van der Waals surface area (Å²) >= 11 is 0. The minimum atomic E-state index is -3.51. The van der Waals surface area contributed by atoms with Gasteiger partial charge in [-0.05, 0) is 67.8 Å². The first-order valence-corrected chi connectivity index (χ1v) is 11.6. The average molecular weight is 425 g/mol. The third-order valence-corrected chi connectivity index (χ3v) is 6.99. The largest absolute Gasteiger partial charge is 0.370 e. The van der Waals surface area contributed by atoms with E-state index in [2.05, 4.69) is 15.7 Å². The molecule has 7 nitrogen and oxygen atoms in total. The lowest BCUT2D eigenvalue weighted by Gasteiger charge is -2.24. The van der Waals surface area contributed by atoms with Gasteiger partial charge < -0.3 is 9.80 Å². The van der Waals surface area contributed by atoms with Gasteiger partial charge in [0.1, 0.15) is 0 Å². The molecule has 1 aliphatic heterocycles. The summed E-state index contributed by atoms with van der Waals surface area (Å²) in [6.45, 7) is 2.77. The molecule has 1 saturated heterocycles. The number of nitriles is 1. The SMILES string of the molecule is N#Cc1ccc(N2CCCN(C(=O)c3ccc(S(=O)(=O)NC4CC4)cc3)CC2)cc1. The van der Waals surface area contributed by atoms with Crippen LogP contribution in [0.4, 0.5) is 5.69 Å². The highest BCUT2D eigenvalue weighted by molar-refractivity contribution is 7.89. The van der Waals surface area contributed by atoms with Crippen LogP contribution < -0.4 is 9.62 Å². The quantitative estimate of drug-likeness (QED) is 0.795. The van der Waals surface area contributed by atoms with Crippen molar-refractivity contribution < 1.29 is 13.2 Å². The summed E-state index contributed by atoms with van der Waals surface area (Å²) in [6.07, 6.45) is 2.60. The van der Waals surface area contributed by atoms with Crippen molar-refractivity contribution >= 4 is 21.6 Å². The number of carbonyl (C=O) groups is 1. The van der Waals surface area contributed by atoms with E-state index in [0.717, 1.165) is 31.5 Å². The van der Waals surface area contributed by atoms with E-state index in [1.54, 1.807) is 24.3 Å². The van der Waals surface area contributed by atoms with Crippen molar-refractivity contribution in [1.82, 2.24) is 9.62 Å². The predicted molar refractivity (Wildman–Crippen MR) is 114 cm³/mol. The van der Waals surface area contributed by atoms with Gasteiger partial charge in [-0.15, -0.1) is 0 Å². The molecule has 0 radical (unpaired) electrons. The smallest absolute Gasteiger partial charge is 0.253 e. The molecule has 2 aliphatic rings. The Morgan fingerprint density at radius 3 is 2.30 bits per heavy atom. The molecule has 0 aromatic heterocycles. The molecule has 2 aromatic carbocycles. The van der Waals surface area contributed by atoms with Crippen molar-refractivity contribution in [1.29, 1.82) is 5.26 Å². The summed E-state index contributed by atoms with van der Waals surface area (Å²) in [6, 6.07) is 15.8. The Bertz CT molecular complexity index is 1060. The van der Waals surface area contributed by atoms with Crippen molar-refractivity contribution in [2.24, 2.45) is 0 Å². The van der Waals surface area contributed by atoms with Crippen LogP contribution in [-0.4, -0.2) is 51.4 Å². The molecule has 2 fully saturated rings. The predicted octanol–water partition coefficient (Wildman–Crippen LogP) is 2.35. The summed E-state index contributed by atoms with van der Waals surface area (Å²) in [4.78, 5) is 17.2. The summed E-state index contributed by atoms with van der Waals surface area (Å²) in [5.41, 5.74) is 2.16. The Hall–Kier alpha value is -2.89. The standard InChI is InChI=1S/C22H24N4O3S/c23-16-17-2-8-20(9-3-17)25-12-1-13-26(15-14-25)22(27)18-4-10-21(11-5-18)30(28,29)24-19-6-7-19/h2-5,8-11,19,24H,1,6-7,12-15H2. The van der Waals surface area contributed by atoms with Gasteiger partial charge in [0.15, 0.2) is 0 Å². The summed E-state index contributed by atoms with van der Waals surface area (Å²) in [5, 5.41) is 8.95. The van der Waals surface area contributed by atoms with E-state index < -0.39 is 10.0 Å². The van der Waals surface area contributed by atoms with Crippen LogP contribution in [0.5, 0.6) is 0 Å². The highest BCUT2D eigenvalue weighted by Gasteiger charge is 2.28. The van der Waals surface area contributed by atoms with Crippen LogP contribution >= 0.6 is 0 Å². The van der Waals surface area contributed by atoms with E-state index in [4.69, 9.17) is 5.26 Å². The zero-order chi connectivity index (χ0) is 21.1. The molecular weight excluding hydrogens is 400 g/mol. The molecule has 2 aromatic rings. The number of anilines is 1. The fourth-order valence-corrected chi connectivity index (χ4v) is 4.88. The third-order valence-electron chi connectivity index (χ3n) is 5.46. The first-order valence-electron chi connectivity index (χ1n) is 10.1. The van der Waals surface area contributed by atoms with Gasteiger partial charge in [-0.1, -0.05) is 0 Å². The van der Waals surface area contributed by atoms with E-state index in [9.17, 15) is 13.2 Å². The molecule has 0 unspecified atom stereocenters. The first-order chi connectivity index (χ1) is 14.5. The average Bonchev–Trinajstić information content (AvgIpc) is 3.60. The highest BCUT2D eigenvalue weighted by Crippen LogP contribution is 2.23. The molecule has 1 aliphatic carbocycles. The lowest BCUT2D eigenvalue weighted by Crippen LogP contribution is -2.35. The Morgan fingerprint density at radius 1 is 0.967 bits per heavy atom. The van der Waals surface area contributed by atoms with Gasteiger partial charge in [0.25, 0.3) is 5.91 Å². The van der Waals surface area contributed by atoms with E-state index in [1.807, 2.05) is 17.0 Å². The molecule has 1 N–H and O–H groups in total. The molecule has 1 saturated carbocycles. The first kappa shape index (κ1) is 20.4. The molecule has 0 spiro atoms. The Morgan fingerprint density at radius 2 is 1.67 bits per heavy atom. The number of sulfonamides is 1. The highest BCUT2D eigenvalue weighted by atomic mass is 32.2. The fraction of sp³-hybridized carbons (Fsp3) is 0.364. The minimum absolute atomic E-state index is 0.0486. The maximum atomic E-state index is 12.9. The second-order valence-electron chi connectivity index (χ2n) is 7.71. The normalized spacial score (nSPS) is 17.3. The zero-order valence-corrected chi connectivity index (χ0v) is 17.4. The van der Waals surface area contributed by atoms with Crippen LogP contribution in [0.2, 0.25) is 0 Å². The second-order valence-corrected chi connectivity index (χ2v) is 9.43. The number of carbonyl (C=O) groups excluding carboxylic acids is 1.